The van der Waals surface area contributed by atoms with Crippen molar-refractivity contribution >= 4 is 27.5 Å². The monoisotopic (exact) mass is 382 g/mol. The summed E-state index contributed by atoms with van der Waals surface area (Å²) in [6.45, 7) is 7.08. The van der Waals surface area contributed by atoms with Gasteiger partial charge in [-0.15, -0.1) is 6.58 Å². The summed E-state index contributed by atoms with van der Waals surface area (Å²) in [7, 11) is 0. The van der Waals surface area contributed by atoms with Crippen molar-refractivity contribution in [3.05, 3.63) is 59.4 Å². The Hall–Kier alpha value is -3.06. The molecule has 1 aromatic heterocycles. The minimum atomic E-state index is -0.331. The highest BCUT2D eigenvalue weighted by Crippen LogP contribution is 2.32. The molecule has 4 rings (SSSR count). The van der Waals surface area contributed by atoms with E-state index in [2.05, 4.69) is 11.6 Å². The third kappa shape index (κ3) is 3.33. The number of hydrogen-bond donors (Lipinski definition) is 0. The molecule has 0 saturated heterocycles. The van der Waals surface area contributed by atoms with E-state index in [0.717, 1.165) is 16.0 Å². The maximum absolute atomic E-state index is 12.7. The number of nitrogens with zero attached hydrogens (tertiary/aromatic N) is 2. The van der Waals surface area contributed by atoms with Crippen LogP contribution in [0.1, 0.15) is 17.3 Å². The number of thiazole rings is 1. The van der Waals surface area contributed by atoms with Gasteiger partial charge in [0.15, 0.2) is 16.3 Å². The van der Waals surface area contributed by atoms with Gasteiger partial charge in [0, 0.05) is 12.1 Å². The number of carbonyl (C=O) groups is 1. The summed E-state index contributed by atoms with van der Waals surface area (Å²) >= 11 is 1.44. The van der Waals surface area contributed by atoms with E-state index in [1.807, 2.05) is 29.7 Å². The summed E-state index contributed by atoms with van der Waals surface area (Å²) in [5.41, 5.74) is 1.44. The zero-order valence-electron chi connectivity index (χ0n) is 14.8. The summed E-state index contributed by atoms with van der Waals surface area (Å²) in [6, 6.07) is 10.9. The fourth-order valence-electron chi connectivity index (χ4n) is 2.88. The number of ether oxygens (including phenoxy) is 3. The van der Waals surface area contributed by atoms with Gasteiger partial charge in [-0.3, -0.25) is 4.79 Å². The van der Waals surface area contributed by atoms with Crippen molar-refractivity contribution < 1.29 is 19.0 Å². The topological polar surface area (TPSA) is 62.1 Å². The molecular formula is C20H18N2O4S. The van der Waals surface area contributed by atoms with Gasteiger partial charge in [-0.05, 0) is 43.3 Å². The van der Waals surface area contributed by atoms with Crippen LogP contribution in [-0.2, 0) is 6.54 Å². The van der Waals surface area contributed by atoms with Crippen molar-refractivity contribution in [1.29, 1.82) is 0 Å². The second kappa shape index (κ2) is 7.28. The van der Waals surface area contributed by atoms with Crippen molar-refractivity contribution in [2.45, 2.75) is 13.5 Å². The third-order valence-electron chi connectivity index (χ3n) is 4.09. The molecule has 7 heteroatoms. The van der Waals surface area contributed by atoms with Gasteiger partial charge in [0.2, 0.25) is 6.79 Å². The molecule has 0 radical (unpaired) electrons. The van der Waals surface area contributed by atoms with Gasteiger partial charge in [-0.25, -0.2) is 0 Å². The van der Waals surface area contributed by atoms with E-state index in [9.17, 15) is 4.79 Å². The van der Waals surface area contributed by atoms with Gasteiger partial charge in [-0.2, -0.15) is 4.99 Å². The average molecular weight is 382 g/mol. The van der Waals surface area contributed by atoms with Crippen LogP contribution in [0.2, 0.25) is 0 Å². The van der Waals surface area contributed by atoms with Crippen molar-refractivity contribution in [3.8, 4) is 17.2 Å². The molecule has 27 heavy (non-hydrogen) atoms. The molecule has 2 aromatic carbocycles. The maximum atomic E-state index is 12.7. The first-order chi connectivity index (χ1) is 13.2. The lowest BCUT2D eigenvalue weighted by atomic mass is 10.2. The van der Waals surface area contributed by atoms with Crippen LogP contribution in [0, 0.1) is 0 Å². The fraction of sp³-hybridized carbons (Fsp3) is 0.200. The molecule has 1 aliphatic heterocycles. The Balaban J connectivity index is 1.77. The molecule has 1 amide bonds. The van der Waals surface area contributed by atoms with E-state index in [1.165, 1.54) is 11.3 Å². The lowest BCUT2D eigenvalue weighted by Crippen LogP contribution is -2.16. The number of carbonyl (C=O) groups excluding carboxylic acids is 1. The Morgan fingerprint density at radius 1 is 1.30 bits per heavy atom. The Kier molecular flexibility index (Phi) is 4.68. The van der Waals surface area contributed by atoms with Gasteiger partial charge in [0.25, 0.3) is 5.91 Å². The number of amides is 1. The number of hydrogen-bond acceptors (Lipinski definition) is 5. The molecule has 0 aliphatic carbocycles. The summed E-state index contributed by atoms with van der Waals surface area (Å²) in [5.74, 6) is 1.67. The quantitative estimate of drug-likeness (QED) is 0.631. The lowest BCUT2D eigenvalue weighted by Gasteiger charge is -2.04. The molecule has 138 valence electrons. The number of aromatic nitrogens is 1. The highest BCUT2D eigenvalue weighted by atomic mass is 32.1. The summed E-state index contributed by atoms with van der Waals surface area (Å²) in [4.78, 5) is 17.7. The molecular weight excluding hydrogens is 364 g/mol. The highest BCUT2D eigenvalue weighted by molar-refractivity contribution is 7.16. The van der Waals surface area contributed by atoms with E-state index in [0.29, 0.717) is 35.0 Å². The molecule has 2 heterocycles. The molecule has 0 spiro atoms. The molecule has 1 aliphatic rings. The summed E-state index contributed by atoms with van der Waals surface area (Å²) < 4.78 is 19.2. The molecule has 0 atom stereocenters. The van der Waals surface area contributed by atoms with Crippen molar-refractivity contribution in [2.75, 3.05) is 13.4 Å². The fourth-order valence-corrected chi connectivity index (χ4v) is 3.95. The van der Waals surface area contributed by atoms with Crippen molar-refractivity contribution in [1.82, 2.24) is 4.57 Å². The van der Waals surface area contributed by atoms with Crippen LogP contribution in [0.4, 0.5) is 0 Å². The smallest absolute Gasteiger partial charge is 0.279 e. The van der Waals surface area contributed by atoms with Crippen LogP contribution in [-0.4, -0.2) is 23.9 Å². The standard InChI is InChI=1S/C20H18N2O4S/c1-3-9-22-15-7-6-14(24-4-2)11-18(15)27-20(22)21-19(23)13-5-8-16-17(10-13)26-12-25-16/h3,5-8,10-11H,1,4,9,12H2,2H3. The minimum Gasteiger partial charge on any atom is -0.494 e. The van der Waals surface area contributed by atoms with E-state index >= 15 is 0 Å². The largest absolute Gasteiger partial charge is 0.494 e. The number of fused-ring (bicyclic) bond motifs is 2. The van der Waals surface area contributed by atoms with Crippen LogP contribution in [0.5, 0.6) is 17.2 Å². The van der Waals surface area contributed by atoms with Gasteiger partial charge < -0.3 is 18.8 Å². The van der Waals surface area contributed by atoms with Gasteiger partial charge >= 0.3 is 0 Å². The zero-order valence-corrected chi connectivity index (χ0v) is 15.6. The Morgan fingerprint density at radius 2 is 2.15 bits per heavy atom. The first kappa shape index (κ1) is 17.4. The Bertz CT molecular complexity index is 1100. The molecule has 0 unspecified atom stereocenters. The summed E-state index contributed by atoms with van der Waals surface area (Å²) in [6.07, 6.45) is 1.78. The molecule has 0 fully saturated rings. The van der Waals surface area contributed by atoms with Crippen LogP contribution in [0.3, 0.4) is 0 Å². The van der Waals surface area contributed by atoms with E-state index in [4.69, 9.17) is 14.2 Å². The molecule has 3 aromatic rings. The van der Waals surface area contributed by atoms with E-state index in [-0.39, 0.29) is 12.7 Å². The van der Waals surface area contributed by atoms with Crippen LogP contribution < -0.4 is 19.0 Å². The molecule has 0 saturated carbocycles. The average Bonchev–Trinajstić information content (AvgIpc) is 3.26. The predicted molar refractivity (Wildman–Crippen MR) is 104 cm³/mol. The van der Waals surface area contributed by atoms with Crippen molar-refractivity contribution in [2.24, 2.45) is 4.99 Å². The first-order valence-corrected chi connectivity index (χ1v) is 9.37. The summed E-state index contributed by atoms with van der Waals surface area (Å²) in [5, 5.41) is 0. The van der Waals surface area contributed by atoms with E-state index < -0.39 is 0 Å². The second-order valence-corrected chi connectivity index (χ2v) is 6.84. The SMILES string of the molecule is C=CCn1c(=NC(=O)c2ccc3c(c2)OCO3)sc2cc(OCC)ccc21. The first-order valence-electron chi connectivity index (χ1n) is 8.55. The van der Waals surface area contributed by atoms with Gasteiger partial charge in [0.05, 0.1) is 16.8 Å². The Labute approximate surface area is 159 Å². The predicted octanol–water partition coefficient (Wildman–Crippen LogP) is 3.76. The number of rotatable bonds is 5. The molecule has 0 N–H and O–H groups in total. The van der Waals surface area contributed by atoms with Gasteiger partial charge in [-0.1, -0.05) is 17.4 Å². The Morgan fingerprint density at radius 3 is 2.96 bits per heavy atom. The number of benzene rings is 2. The van der Waals surface area contributed by atoms with E-state index in [1.54, 1.807) is 24.3 Å². The molecule has 0 bridgehead atoms. The second-order valence-electron chi connectivity index (χ2n) is 5.83. The maximum Gasteiger partial charge on any atom is 0.279 e. The lowest BCUT2D eigenvalue weighted by molar-refractivity contribution is 0.0997. The zero-order chi connectivity index (χ0) is 18.8. The van der Waals surface area contributed by atoms with Crippen LogP contribution >= 0.6 is 11.3 Å². The highest BCUT2D eigenvalue weighted by Gasteiger charge is 2.16. The van der Waals surface area contributed by atoms with Crippen LogP contribution in [0.15, 0.2) is 54.0 Å². The normalized spacial score (nSPS) is 13.1. The molecule has 6 nitrogen and oxygen atoms in total. The minimum absolute atomic E-state index is 0.169. The van der Waals surface area contributed by atoms with Crippen molar-refractivity contribution in [3.63, 3.8) is 0 Å². The van der Waals surface area contributed by atoms with Gasteiger partial charge in [0.1, 0.15) is 5.75 Å². The number of allylic oxidation sites excluding steroid dienone is 1. The third-order valence-corrected chi connectivity index (χ3v) is 5.13. The van der Waals surface area contributed by atoms with Crippen LogP contribution in [0.25, 0.3) is 10.2 Å².